The highest BCUT2D eigenvalue weighted by Crippen LogP contribution is 2.46. The highest BCUT2D eigenvalue weighted by molar-refractivity contribution is 7.18. The number of aliphatic imine (C=N–C) groups is 1. The molecule has 8 rings (SSSR count). The van der Waals surface area contributed by atoms with E-state index in [2.05, 4.69) is 90.5 Å². The SMILES string of the molecule is CC(C)C1=Nc2c(c3ccc(-c4ccc5c(c4)c4cncnc4c4[nH]c(C(C)C)nc54)cc3c3sccc23)C1. The minimum absolute atomic E-state index is 0.304. The first-order chi connectivity index (χ1) is 19.0. The number of hydrogen-bond acceptors (Lipinski definition) is 5. The van der Waals surface area contributed by atoms with Crippen LogP contribution >= 0.6 is 11.3 Å². The third kappa shape index (κ3) is 3.24. The van der Waals surface area contributed by atoms with Gasteiger partial charge in [-0.2, -0.15) is 0 Å². The van der Waals surface area contributed by atoms with Crippen LogP contribution in [0, 0.1) is 5.92 Å². The van der Waals surface area contributed by atoms with Crippen LogP contribution in [-0.2, 0) is 6.42 Å². The van der Waals surface area contributed by atoms with E-state index < -0.39 is 0 Å². The van der Waals surface area contributed by atoms with Crippen LogP contribution in [0.2, 0.25) is 0 Å². The van der Waals surface area contributed by atoms with Gasteiger partial charge in [0.25, 0.3) is 0 Å². The number of benzene rings is 4. The monoisotopic (exact) mass is 525 g/mol. The maximum atomic E-state index is 5.09. The van der Waals surface area contributed by atoms with Crippen LogP contribution in [0.25, 0.3) is 64.7 Å². The Bertz CT molecular complexity index is 2160. The second kappa shape index (κ2) is 8.17. The van der Waals surface area contributed by atoms with Gasteiger partial charge in [-0.1, -0.05) is 52.0 Å². The Hall–Kier alpha value is -4.16. The predicted octanol–water partition coefficient (Wildman–Crippen LogP) is 9.10. The molecule has 0 saturated heterocycles. The second-order valence-corrected chi connectivity index (χ2v) is 12.1. The Morgan fingerprint density at radius 2 is 1.59 bits per heavy atom. The third-order valence-corrected chi connectivity index (χ3v) is 9.14. The Kier molecular flexibility index (Phi) is 4.77. The van der Waals surface area contributed by atoms with E-state index in [-0.39, 0.29) is 0 Å². The van der Waals surface area contributed by atoms with Gasteiger partial charge in [0.1, 0.15) is 12.2 Å². The van der Waals surface area contributed by atoms with Gasteiger partial charge in [0.2, 0.25) is 0 Å². The fraction of sp³-hybridized carbons (Fsp3) is 0.212. The Balaban J connectivity index is 1.36. The van der Waals surface area contributed by atoms with Crippen molar-refractivity contribution in [1.29, 1.82) is 0 Å². The molecule has 0 amide bonds. The van der Waals surface area contributed by atoms with E-state index in [1.807, 2.05) is 17.5 Å². The van der Waals surface area contributed by atoms with Crippen molar-refractivity contribution in [1.82, 2.24) is 19.9 Å². The number of nitrogens with zero attached hydrogens (tertiary/aromatic N) is 4. The number of thiophene rings is 1. The fourth-order valence-electron chi connectivity index (χ4n) is 6.08. The van der Waals surface area contributed by atoms with E-state index in [1.54, 1.807) is 6.33 Å². The molecule has 0 atom stereocenters. The van der Waals surface area contributed by atoms with Crippen LogP contribution in [0.4, 0.5) is 5.69 Å². The van der Waals surface area contributed by atoms with Crippen LogP contribution in [0.5, 0.6) is 0 Å². The molecule has 7 aromatic rings. The van der Waals surface area contributed by atoms with Gasteiger partial charge in [-0.15, -0.1) is 11.3 Å². The average Bonchev–Trinajstić information content (AvgIpc) is 3.71. The summed E-state index contributed by atoms with van der Waals surface area (Å²) in [6.45, 7) is 8.80. The standard InChI is InChI=1S/C33H27N5S/c1-16(2)27-13-24-20-7-5-19(12-25(20)32-22(9-10-39-32)28(24)36-27)18-6-8-21-23(11-18)26-14-34-15-35-29(26)31-30(21)37-33(38-31)17(3)4/h5-12,14-17H,13H2,1-4H3,(H,37,38). The number of hydrogen-bond donors (Lipinski definition) is 1. The summed E-state index contributed by atoms with van der Waals surface area (Å²) in [5.74, 6) is 1.74. The number of H-pyrrole nitrogens is 1. The van der Waals surface area contributed by atoms with E-state index in [4.69, 9.17) is 9.98 Å². The summed E-state index contributed by atoms with van der Waals surface area (Å²) >= 11 is 1.81. The molecule has 0 unspecified atom stereocenters. The van der Waals surface area contributed by atoms with Gasteiger partial charge in [-0.25, -0.2) is 15.0 Å². The zero-order chi connectivity index (χ0) is 26.4. The molecule has 4 heterocycles. The number of fused-ring (bicyclic) bond motifs is 12. The summed E-state index contributed by atoms with van der Waals surface area (Å²) in [6.07, 6.45) is 4.49. The summed E-state index contributed by atoms with van der Waals surface area (Å²) in [4.78, 5) is 22.6. The maximum Gasteiger partial charge on any atom is 0.116 e. The lowest BCUT2D eigenvalue weighted by molar-refractivity contribution is 0.799. The minimum Gasteiger partial charge on any atom is -0.340 e. The fourth-order valence-corrected chi connectivity index (χ4v) is 7.01. The molecule has 0 aliphatic carbocycles. The van der Waals surface area contributed by atoms with Crippen molar-refractivity contribution in [3.63, 3.8) is 0 Å². The number of aromatic amines is 1. The molecule has 3 aromatic heterocycles. The van der Waals surface area contributed by atoms with Crippen molar-refractivity contribution in [2.24, 2.45) is 10.9 Å². The van der Waals surface area contributed by atoms with E-state index in [9.17, 15) is 0 Å². The number of rotatable bonds is 3. The minimum atomic E-state index is 0.304. The van der Waals surface area contributed by atoms with Gasteiger partial charge in [0.05, 0.1) is 22.2 Å². The molecule has 4 aromatic carbocycles. The highest BCUT2D eigenvalue weighted by atomic mass is 32.1. The molecule has 5 nitrogen and oxygen atoms in total. The first-order valence-electron chi connectivity index (χ1n) is 13.6. The van der Waals surface area contributed by atoms with Crippen LogP contribution < -0.4 is 0 Å². The quantitative estimate of drug-likeness (QED) is 0.234. The molecule has 0 radical (unpaired) electrons. The topological polar surface area (TPSA) is 66.8 Å². The van der Waals surface area contributed by atoms with Crippen molar-refractivity contribution >= 4 is 76.3 Å². The highest BCUT2D eigenvalue weighted by Gasteiger charge is 2.24. The lowest BCUT2D eigenvalue weighted by Gasteiger charge is -2.11. The van der Waals surface area contributed by atoms with Crippen LogP contribution in [0.15, 0.2) is 65.4 Å². The van der Waals surface area contributed by atoms with Crippen LogP contribution in [0.3, 0.4) is 0 Å². The molecule has 1 aliphatic heterocycles. The summed E-state index contributed by atoms with van der Waals surface area (Å²) in [7, 11) is 0. The van der Waals surface area contributed by atoms with E-state index in [0.29, 0.717) is 11.8 Å². The van der Waals surface area contributed by atoms with Crippen molar-refractivity contribution in [3.8, 4) is 11.1 Å². The smallest absolute Gasteiger partial charge is 0.116 e. The van der Waals surface area contributed by atoms with Crippen molar-refractivity contribution in [3.05, 3.63) is 71.8 Å². The van der Waals surface area contributed by atoms with E-state index in [0.717, 1.165) is 45.0 Å². The normalized spacial score (nSPS) is 13.6. The second-order valence-electron chi connectivity index (χ2n) is 11.2. The summed E-state index contributed by atoms with van der Waals surface area (Å²) in [5, 5.41) is 9.40. The molecule has 39 heavy (non-hydrogen) atoms. The van der Waals surface area contributed by atoms with Gasteiger partial charge in [-0.3, -0.25) is 4.99 Å². The van der Waals surface area contributed by atoms with E-state index in [1.165, 1.54) is 48.9 Å². The Morgan fingerprint density at radius 1 is 0.795 bits per heavy atom. The van der Waals surface area contributed by atoms with Crippen molar-refractivity contribution in [2.75, 3.05) is 0 Å². The van der Waals surface area contributed by atoms with Gasteiger partial charge >= 0.3 is 0 Å². The number of imidazole rings is 1. The van der Waals surface area contributed by atoms with Crippen molar-refractivity contribution in [2.45, 2.75) is 40.0 Å². The molecule has 6 heteroatoms. The summed E-state index contributed by atoms with van der Waals surface area (Å²) < 4.78 is 1.32. The lowest BCUT2D eigenvalue weighted by atomic mass is 9.92. The van der Waals surface area contributed by atoms with Gasteiger partial charge in [0, 0.05) is 50.5 Å². The van der Waals surface area contributed by atoms with E-state index >= 15 is 0 Å². The molecule has 1 aliphatic rings. The predicted molar refractivity (Wildman–Crippen MR) is 165 cm³/mol. The molecule has 0 spiro atoms. The lowest BCUT2D eigenvalue weighted by Crippen LogP contribution is -2.06. The maximum absolute atomic E-state index is 5.09. The molecular weight excluding hydrogens is 498 g/mol. The van der Waals surface area contributed by atoms with Crippen LogP contribution in [0.1, 0.15) is 45.0 Å². The molecule has 1 N–H and O–H groups in total. The largest absolute Gasteiger partial charge is 0.340 e. The summed E-state index contributed by atoms with van der Waals surface area (Å²) in [5.41, 5.74) is 9.09. The molecular formula is C33H27N5S. The number of aromatic nitrogens is 4. The zero-order valence-corrected chi connectivity index (χ0v) is 23.1. The first-order valence-corrected chi connectivity index (χ1v) is 14.4. The Labute approximate surface area is 229 Å². The molecule has 0 saturated carbocycles. The third-order valence-electron chi connectivity index (χ3n) is 8.19. The van der Waals surface area contributed by atoms with Crippen molar-refractivity contribution < 1.29 is 0 Å². The van der Waals surface area contributed by atoms with Gasteiger partial charge < -0.3 is 4.98 Å². The molecule has 190 valence electrons. The molecule has 0 fully saturated rings. The van der Waals surface area contributed by atoms with Gasteiger partial charge in [0.15, 0.2) is 0 Å². The first kappa shape index (κ1) is 22.8. The van der Waals surface area contributed by atoms with Gasteiger partial charge in [-0.05, 0) is 57.0 Å². The zero-order valence-electron chi connectivity index (χ0n) is 22.3. The average molecular weight is 526 g/mol. The number of nitrogens with one attached hydrogen (secondary N) is 1. The summed E-state index contributed by atoms with van der Waals surface area (Å²) in [6, 6.07) is 15.9. The molecule has 0 bridgehead atoms. The van der Waals surface area contributed by atoms with Crippen LogP contribution in [-0.4, -0.2) is 25.6 Å². The Morgan fingerprint density at radius 3 is 2.38 bits per heavy atom.